The molecule has 0 aromatic carbocycles. The molecule has 0 amide bonds. The van der Waals surface area contributed by atoms with Crippen LogP contribution < -0.4 is 5.32 Å². The molecule has 1 aliphatic rings. The first kappa shape index (κ1) is 11.8. The minimum Gasteiger partial charge on any atom is -0.311 e. The summed E-state index contributed by atoms with van der Waals surface area (Å²) >= 11 is 0. The van der Waals surface area contributed by atoms with Gasteiger partial charge in [0.1, 0.15) is 0 Å². The first-order valence-corrected chi connectivity index (χ1v) is 6.15. The van der Waals surface area contributed by atoms with Crippen molar-refractivity contribution in [2.45, 2.75) is 58.9 Å². The number of nitrogens with one attached hydrogen (secondary N) is 1. The largest absolute Gasteiger partial charge is 0.311 e. The van der Waals surface area contributed by atoms with Gasteiger partial charge in [0.25, 0.3) is 0 Å². The van der Waals surface area contributed by atoms with Crippen LogP contribution in [0, 0.1) is 5.92 Å². The maximum Gasteiger partial charge on any atom is 0.0248 e. The van der Waals surface area contributed by atoms with E-state index >= 15 is 0 Å². The van der Waals surface area contributed by atoms with Gasteiger partial charge in [-0.05, 0) is 39.2 Å². The van der Waals surface area contributed by atoms with E-state index in [9.17, 15) is 0 Å². The summed E-state index contributed by atoms with van der Waals surface area (Å²) in [4.78, 5) is 0. The minimum atomic E-state index is 0.557. The van der Waals surface area contributed by atoms with E-state index in [0.717, 1.165) is 12.5 Å². The van der Waals surface area contributed by atoms with Crippen LogP contribution in [0.5, 0.6) is 0 Å². The lowest BCUT2D eigenvalue weighted by Gasteiger charge is -2.21. The topological polar surface area (TPSA) is 12.0 Å². The Kier molecular flexibility index (Phi) is 5.24. The van der Waals surface area contributed by atoms with Crippen LogP contribution in [0.1, 0.15) is 52.9 Å². The molecule has 0 aromatic heterocycles. The average molecular weight is 195 g/mol. The van der Waals surface area contributed by atoms with Gasteiger partial charge in [-0.3, -0.25) is 0 Å². The van der Waals surface area contributed by atoms with Crippen LogP contribution in [0.25, 0.3) is 0 Å². The molecule has 14 heavy (non-hydrogen) atoms. The van der Waals surface area contributed by atoms with E-state index in [1.807, 2.05) is 0 Å². The van der Waals surface area contributed by atoms with Gasteiger partial charge >= 0.3 is 0 Å². The lowest BCUT2D eigenvalue weighted by molar-refractivity contribution is 0.416. The number of likely N-dealkylation sites (N-methyl/N-ethyl adjacent to an activating group) is 1. The molecular weight excluding hydrogens is 170 g/mol. The van der Waals surface area contributed by atoms with E-state index in [4.69, 9.17) is 0 Å². The summed E-state index contributed by atoms with van der Waals surface area (Å²) in [5.74, 6) is 0.866. The molecule has 1 heteroatoms. The maximum atomic E-state index is 3.47. The standard InChI is InChI=1S/C13H25N/c1-4-14-12(3)11(2)10-13-8-6-5-7-9-13/h10,12-14H,4-9H2,1-3H3. The first-order valence-electron chi connectivity index (χ1n) is 6.15. The van der Waals surface area contributed by atoms with Gasteiger partial charge in [-0.1, -0.05) is 37.8 Å². The van der Waals surface area contributed by atoms with Crippen molar-refractivity contribution in [3.8, 4) is 0 Å². The summed E-state index contributed by atoms with van der Waals surface area (Å²) in [7, 11) is 0. The summed E-state index contributed by atoms with van der Waals surface area (Å²) < 4.78 is 0. The third-order valence-corrected chi connectivity index (χ3v) is 3.34. The average Bonchev–Trinajstić information content (AvgIpc) is 2.19. The van der Waals surface area contributed by atoms with E-state index < -0.39 is 0 Å². The molecule has 1 fully saturated rings. The van der Waals surface area contributed by atoms with Crippen molar-refractivity contribution in [1.82, 2.24) is 5.32 Å². The molecule has 0 radical (unpaired) electrons. The highest BCUT2D eigenvalue weighted by Crippen LogP contribution is 2.25. The Balaban J connectivity index is 2.39. The first-order chi connectivity index (χ1) is 6.74. The SMILES string of the molecule is CCNC(C)C(C)=CC1CCCCC1. The molecule has 0 bridgehead atoms. The fourth-order valence-corrected chi connectivity index (χ4v) is 2.28. The quantitative estimate of drug-likeness (QED) is 0.677. The summed E-state index contributed by atoms with van der Waals surface area (Å²) in [6.45, 7) is 7.77. The molecule has 1 unspecified atom stereocenters. The minimum absolute atomic E-state index is 0.557. The van der Waals surface area contributed by atoms with Crippen molar-refractivity contribution >= 4 is 0 Å². The summed E-state index contributed by atoms with van der Waals surface area (Å²) in [5, 5.41) is 3.47. The van der Waals surface area contributed by atoms with E-state index in [0.29, 0.717) is 6.04 Å². The molecule has 0 saturated heterocycles. The van der Waals surface area contributed by atoms with Gasteiger partial charge < -0.3 is 5.32 Å². The number of hydrogen-bond acceptors (Lipinski definition) is 1. The predicted molar refractivity (Wildman–Crippen MR) is 63.5 cm³/mol. The monoisotopic (exact) mass is 195 g/mol. The number of allylic oxidation sites excluding steroid dienone is 1. The zero-order valence-electron chi connectivity index (χ0n) is 9.97. The zero-order chi connectivity index (χ0) is 10.4. The predicted octanol–water partition coefficient (Wildman–Crippen LogP) is 3.51. The van der Waals surface area contributed by atoms with Gasteiger partial charge in [-0.2, -0.15) is 0 Å². The molecule has 1 saturated carbocycles. The second-order valence-electron chi connectivity index (χ2n) is 4.59. The molecule has 1 N–H and O–H groups in total. The highest BCUT2D eigenvalue weighted by atomic mass is 14.9. The Morgan fingerprint density at radius 1 is 1.36 bits per heavy atom. The number of hydrogen-bond donors (Lipinski definition) is 1. The molecule has 0 aliphatic heterocycles. The van der Waals surface area contributed by atoms with Gasteiger partial charge in [-0.25, -0.2) is 0 Å². The van der Waals surface area contributed by atoms with Crippen LogP contribution >= 0.6 is 0 Å². The van der Waals surface area contributed by atoms with Crippen molar-refractivity contribution in [3.63, 3.8) is 0 Å². The molecule has 82 valence electrons. The van der Waals surface area contributed by atoms with Crippen LogP contribution in [-0.4, -0.2) is 12.6 Å². The van der Waals surface area contributed by atoms with Crippen molar-refractivity contribution in [2.24, 2.45) is 5.92 Å². The van der Waals surface area contributed by atoms with Crippen LogP contribution in [0.4, 0.5) is 0 Å². The highest BCUT2D eigenvalue weighted by molar-refractivity contribution is 5.08. The highest BCUT2D eigenvalue weighted by Gasteiger charge is 2.12. The van der Waals surface area contributed by atoms with Gasteiger partial charge in [0.05, 0.1) is 0 Å². The van der Waals surface area contributed by atoms with Gasteiger partial charge in [-0.15, -0.1) is 0 Å². The molecule has 1 aliphatic carbocycles. The van der Waals surface area contributed by atoms with E-state index in [1.54, 1.807) is 0 Å². The van der Waals surface area contributed by atoms with E-state index in [1.165, 1.54) is 37.7 Å². The van der Waals surface area contributed by atoms with Gasteiger partial charge in [0, 0.05) is 6.04 Å². The number of rotatable bonds is 4. The zero-order valence-corrected chi connectivity index (χ0v) is 9.97. The third-order valence-electron chi connectivity index (χ3n) is 3.34. The van der Waals surface area contributed by atoms with Crippen LogP contribution in [0.15, 0.2) is 11.6 Å². The Morgan fingerprint density at radius 3 is 2.57 bits per heavy atom. The van der Waals surface area contributed by atoms with Crippen molar-refractivity contribution in [2.75, 3.05) is 6.54 Å². The van der Waals surface area contributed by atoms with Crippen LogP contribution in [0.3, 0.4) is 0 Å². The molecule has 1 nitrogen and oxygen atoms in total. The molecular formula is C13H25N. The molecule has 0 spiro atoms. The van der Waals surface area contributed by atoms with E-state index in [2.05, 4.69) is 32.2 Å². The van der Waals surface area contributed by atoms with Crippen molar-refractivity contribution < 1.29 is 0 Å². The van der Waals surface area contributed by atoms with Crippen molar-refractivity contribution in [1.29, 1.82) is 0 Å². The fourth-order valence-electron chi connectivity index (χ4n) is 2.28. The second-order valence-corrected chi connectivity index (χ2v) is 4.59. The second kappa shape index (κ2) is 6.23. The Hall–Kier alpha value is -0.300. The van der Waals surface area contributed by atoms with Crippen molar-refractivity contribution in [3.05, 3.63) is 11.6 Å². The molecule has 1 atom stereocenters. The molecule has 1 rings (SSSR count). The normalized spacial score (nSPS) is 22.4. The van der Waals surface area contributed by atoms with Crippen LogP contribution in [0.2, 0.25) is 0 Å². The Bertz CT molecular complexity index is 178. The molecule has 0 aromatic rings. The summed E-state index contributed by atoms with van der Waals surface area (Å²) in [6, 6.07) is 0.557. The Morgan fingerprint density at radius 2 is 2.00 bits per heavy atom. The summed E-state index contributed by atoms with van der Waals surface area (Å²) in [6.07, 6.45) is 9.65. The summed E-state index contributed by atoms with van der Waals surface area (Å²) in [5.41, 5.74) is 1.53. The smallest absolute Gasteiger partial charge is 0.0248 e. The lowest BCUT2D eigenvalue weighted by Crippen LogP contribution is -2.27. The van der Waals surface area contributed by atoms with E-state index in [-0.39, 0.29) is 0 Å². The molecule has 0 heterocycles. The van der Waals surface area contributed by atoms with Gasteiger partial charge in [0.2, 0.25) is 0 Å². The maximum absolute atomic E-state index is 3.47. The lowest BCUT2D eigenvalue weighted by atomic mass is 9.87. The third kappa shape index (κ3) is 3.83. The van der Waals surface area contributed by atoms with Gasteiger partial charge in [0.15, 0.2) is 0 Å². The fraction of sp³-hybridized carbons (Fsp3) is 0.846. The Labute approximate surface area is 89.0 Å². The van der Waals surface area contributed by atoms with Crippen LogP contribution in [-0.2, 0) is 0 Å².